The predicted molar refractivity (Wildman–Crippen MR) is 310 cm³/mol. The van der Waals surface area contributed by atoms with Crippen LogP contribution in [0.15, 0.2) is 85.1 Å². The van der Waals surface area contributed by atoms with Crippen molar-refractivity contribution >= 4 is 11.9 Å². The normalized spacial score (nSPS) is 19.8. The molecule has 1 saturated heterocycles. The zero-order chi connectivity index (χ0) is 54.7. The number of hydrogen-bond acceptors (Lipinski definition) is 10. The standard InChI is InChI=1S/C64H111NO10/c1-4-7-10-13-16-19-22-25-27-28-29-30-31-34-37-40-43-46-49-52-59(69)75-62-61(71)60(70)58(53-66)74-64(62)73-54-55(56(67)50-47-44-41-38-35-32-24-21-18-15-12-9-6-3)65-63(72)57(68)51-48-45-42-39-36-33-26-23-20-17-14-11-8-5-2/h7,10,16,19,25,27,29-30,34,37,43,46-47,50,55-58,60-62,64,66-68,70-71H,4-6,8-9,11-15,17-18,20-24,26,28,31-33,35-36,38-42,44-45,48-49,51-54H2,1-3H3,(H,65,72)/b10-7-,19-16-,27-25-,30-29-,37-34-,46-43-,50-47+. The number of unbranched alkanes of at least 4 members (excludes halogenated alkanes) is 24. The molecule has 0 radical (unpaired) electrons. The summed E-state index contributed by atoms with van der Waals surface area (Å²) in [5.41, 5.74) is 0. The Bertz CT molecular complexity index is 1540. The molecule has 75 heavy (non-hydrogen) atoms. The van der Waals surface area contributed by atoms with E-state index < -0.39 is 67.4 Å². The van der Waals surface area contributed by atoms with E-state index in [0.29, 0.717) is 19.3 Å². The SMILES string of the molecule is CC/C=C\C/C=C\C/C=C\C/C=C\C/C=C\C/C=C\CCC(=O)OC1C(OCC(NC(=O)C(O)CCCCCCCCCCCCCCCC)C(O)/C=C/CCCCCCCCCCCCC)OC(CO)C(O)C1O. The van der Waals surface area contributed by atoms with Crippen molar-refractivity contribution in [3.8, 4) is 0 Å². The maximum Gasteiger partial charge on any atom is 0.306 e. The van der Waals surface area contributed by atoms with Gasteiger partial charge in [-0.3, -0.25) is 9.59 Å². The minimum Gasteiger partial charge on any atom is -0.454 e. The topological polar surface area (TPSA) is 175 Å². The lowest BCUT2D eigenvalue weighted by Crippen LogP contribution is -2.61. The van der Waals surface area contributed by atoms with E-state index in [2.05, 4.69) is 86.8 Å². The number of aliphatic hydroxyl groups excluding tert-OH is 5. The van der Waals surface area contributed by atoms with Gasteiger partial charge in [0.25, 0.3) is 0 Å². The molecule has 1 fully saturated rings. The Morgan fingerprint density at radius 3 is 1.41 bits per heavy atom. The molecule has 432 valence electrons. The molecule has 11 heteroatoms. The molecule has 8 atom stereocenters. The minimum atomic E-state index is -1.65. The third kappa shape index (κ3) is 39.8. The summed E-state index contributed by atoms with van der Waals surface area (Å²) >= 11 is 0. The summed E-state index contributed by atoms with van der Waals surface area (Å²) in [6.07, 6.45) is 56.3. The number of rotatable bonds is 50. The lowest BCUT2D eigenvalue weighted by atomic mass is 9.99. The number of allylic oxidation sites excluding steroid dienone is 13. The molecular formula is C64H111NO10. The molecule has 0 saturated carbocycles. The Morgan fingerprint density at radius 1 is 0.533 bits per heavy atom. The van der Waals surface area contributed by atoms with Crippen molar-refractivity contribution in [2.45, 2.75) is 294 Å². The number of ether oxygens (including phenoxy) is 3. The van der Waals surface area contributed by atoms with Gasteiger partial charge in [0.05, 0.1) is 25.4 Å². The van der Waals surface area contributed by atoms with Crippen molar-refractivity contribution in [1.29, 1.82) is 0 Å². The van der Waals surface area contributed by atoms with E-state index in [9.17, 15) is 35.1 Å². The summed E-state index contributed by atoms with van der Waals surface area (Å²) in [7, 11) is 0. The molecule has 1 aliphatic rings. The fraction of sp³-hybridized carbons (Fsp3) is 0.750. The van der Waals surface area contributed by atoms with Crippen molar-refractivity contribution in [3.63, 3.8) is 0 Å². The fourth-order valence-corrected chi connectivity index (χ4v) is 9.03. The lowest BCUT2D eigenvalue weighted by Gasteiger charge is -2.41. The molecule has 0 aromatic rings. The molecule has 0 spiro atoms. The number of esters is 1. The van der Waals surface area contributed by atoms with Crippen molar-refractivity contribution in [3.05, 3.63) is 85.1 Å². The smallest absolute Gasteiger partial charge is 0.306 e. The van der Waals surface area contributed by atoms with Gasteiger partial charge in [-0.15, -0.1) is 0 Å². The van der Waals surface area contributed by atoms with Gasteiger partial charge in [-0.2, -0.15) is 0 Å². The van der Waals surface area contributed by atoms with Crippen LogP contribution in [0, 0.1) is 0 Å². The van der Waals surface area contributed by atoms with E-state index in [1.54, 1.807) is 6.08 Å². The molecule has 1 rings (SSSR count). The van der Waals surface area contributed by atoms with Gasteiger partial charge in [0.15, 0.2) is 12.4 Å². The summed E-state index contributed by atoms with van der Waals surface area (Å²) in [5.74, 6) is -1.28. The third-order valence-corrected chi connectivity index (χ3v) is 13.8. The van der Waals surface area contributed by atoms with E-state index in [4.69, 9.17) is 14.2 Å². The zero-order valence-corrected chi connectivity index (χ0v) is 47.6. The first-order chi connectivity index (χ1) is 36.7. The maximum atomic E-state index is 13.4. The monoisotopic (exact) mass is 1050 g/mol. The molecule has 0 aliphatic carbocycles. The van der Waals surface area contributed by atoms with Gasteiger partial charge in [-0.1, -0.05) is 260 Å². The quantitative estimate of drug-likeness (QED) is 0.0195. The summed E-state index contributed by atoms with van der Waals surface area (Å²) in [4.78, 5) is 26.5. The Morgan fingerprint density at radius 2 is 0.960 bits per heavy atom. The van der Waals surface area contributed by atoms with Crippen LogP contribution in [0.1, 0.15) is 245 Å². The summed E-state index contributed by atoms with van der Waals surface area (Å²) < 4.78 is 17.5. The molecule has 1 aliphatic heterocycles. The van der Waals surface area contributed by atoms with Crippen LogP contribution in [0.5, 0.6) is 0 Å². The zero-order valence-electron chi connectivity index (χ0n) is 47.6. The number of nitrogens with one attached hydrogen (secondary N) is 1. The molecule has 8 unspecified atom stereocenters. The summed E-state index contributed by atoms with van der Waals surface area (Å²) in [6, 6.07) is -1.04. The molecule has 0 aromatic heterocycles. The first-order valence-corrected chi connectivity index (χ1v) is 30.4. The molecule has 0 aromatic carbocycles. The van der Waals surface area contributed by atoms with Crippen LogP contribution in [0.3, 0.4) is 0 Å². The van der Waals surface area contributed by atoms with Crippen LogP contribution in [0.25, 0.3) is 0 Å². The number of hydrogen-bond donors (Lipinski definition) is 6. The first kappa shape index (κ1) is 69.9. The lowest BCUT2D eigenvalue weighted by molar-refractivity contribution is -0.305. The van der Waals surface area contributed by atoms with Crippen LogP contribution >= 0.6 is 0 Å². The van der Waals surface area contributed by atoms with Crippen molar-refractivity contribution < 1.29 is 49.3 Å². The number of aliphatic hydroxyl groups is 5. The summed E-state index contributed by atoms with van der Waals surface area (Å²) in [5, 5.41) is 56.9. The van der Waals surface area contributed by atoms with Gasteiger partial charge in [0, 0.05) is 6.42 Å². The molecule has 1 heterocycles. The molecule has 6 N–H and O–H groups in total. The maximum absolute atomic E-state index is 13.4. The van der Waals surface area contributed by atoms with Crippen molar-refractivity contribution in [1.82, 2.24) is 5.32 Å². The first-order valence-electron chi connectivity index (χ1n) is 30.4. The molecule has 0 bridgehead atoms. The fourth-order valence-electron chi connectivity index (χ4n) is 9.03. The average molecular weight is 1050 g/mol. The van der Waals surface area contributed by atoms with Crippen LogP contribution in [-0.4, -0.2) is 99.6 Å². The van der Waals surface area contributed by atoms with Gasteiger partial charge in [-0.25, -0.2) is 0 Å². The van der Waals surface area contributed by atoms with E-state index in [0.717, 1.165) is 70.6 Å². The Labute approximate surface area is 457 Å². The highest BCUT2D eigenvalue weighted by atomic mass is 16.7. The largest absolute Gasteiger partial charge is 0.454 e. The molecule has 11 nitrogen and oxygen atoms in total. The second-order valence-corrected chi connectivity index (χ2v) is 20.7. The van der Waals surface area contributed by atoms with Crippen LogP contribution < -0.4 is 5.32 Å². The van der Waals surface area contributed by atoms with Crippen LogP contribution in [0.4, 0.5) is 0 Å². The van der Waals surface area contributed by atoms with Crippen molar-refractivity contribution in [2.24, 2.45) is 0 Å². The average Bonchev–Trinajstić information content (AvgIpc) is 3.41. The van der Waals surface area contributed by atoms with Crippen LogP contribution in [-0.2, 0) is 23.8 Å². The van der Waals surface area contributed by atoms with Gasteiger partial charge in [-0.05, 0) is 64.2 Å². The molecule has 1 amide bonds. The highest BCUT2D eigenvalue weighted by Gasteiger charge is 2.47. The van der Waals surface area contributed by atoms with Crippen LogP contribution in [0.2, 0.25) is 0 Å². The second-order valence-electron chi connectivity index (χ2n) is 20.7. The Kier molecular flexibility index (Phi) is 48.0. The molecular weight excluding hydrogens is 943 g/mol. The van der Waals surface area contributed by atoms with E-state index in [-0.39, 0.29) is 19.4 Å². The second kappa shape index (κ2) is 51.6. The summed E-state index contributed by atoms with van der Waals surface area (Å²) in [6.45, 7) is 5.64. The van der Waals surface area contributed by atoms with E-state index in [1.807, 2.05) is 18.2 Å². The highest BCUT2D eigenvalue weighted by Crippen LogP contribution is 2.26. The van der Waals surface area contributed by atoms with Gasteiger partial charge in [0.2, 0.25) is 5.91 Å². The van der Waals surface area contributed by atoms with Gasteiger partial charge < -0.3 is 45.1 Å². The van der Waals surface area contributed by atoms with Crippen molar-refractivity contribution in [2.75, 3.05) is 13.2 Å². The van der Waals surface area contributed by atoms with Gasteiger partial charge in [0.1, 0.15) is 24.4 Å². The third-order valence-electron chi connectivity index (χ3n) is 13.8. The highest BCUT2D eigenvalue weighted by molar-refractivity contribution is 5.80. The number of carbonyl (C=O) groups excluding carboxylic acids is 2. The minimum absolute atomic E-state index is 0.00383. The number of carbonyl (C=O) groups is 2. The van der Waals surface area contributed by atoms with Gasteiger partial charge >= 0.3 is 5.97 Å². The number of amides is 1. The Hall–Kier alpha value is -3.16. The predicted octanol–water partition coefficient (Wildman–Crippen LogP) is 14.2. The Balaban J connectivity index is 2.76. The van der Waals surface area contributed by atoms with E-state index in [1.165, 1.54) is 122 Å². The van der Waals surface area contributed by atoms with E-state index >= 15 is 0 Å².